The number of nitrogens with one attached hydrogen (secondary N) is 2. The Bertz CT molecular complexity index is 913. The first-order valence-electron chi connectivity index (χ1n) is 7.74. The highest BCUT2D eigenvalue weighted by Gasteiger charge is 2.11. The van der Waals surface area contributed by atoms with E-state index in [1.807, 2.05) is 43.6 Å². The van der Waals surface area contributed by atoms with Crippen molar-refractivity contribution in [2.24, 2.45) is 7.05 Å². The van der Waals surface area contributed by atoms with E-state index < -0.39 is 0 Å². The molecule has 2 N–H and O–H groups in total. The zero-order chi connectivity index (χ0) is 17.8. The van der Waals surface area contributed by atoms with Gasteiger partial charge < -0.3 is 15.2 Å². The van der Waals surface area contributed by atoms with E-state index in [9.17, 15) is 9.59 Å². The zero-order valence-corrected chi connectivity index (χ0v) is 14.8. The fourth-order valence-electron chi connectivity index (χ4n) is 2.33. The Morgan fingerprint density at radius 1 is 1.28 bits per heavy atom. The molecule has 7 heteroatoms. The van der Waals surface area contributed by atoms with Crippen LogP contribution >= 0.6 is 11.3 Å². The molecule has 0 saturated carbocycles. The largest absolute Gasteiger partial charge is 0.356 e. The van der Waals surface area contributed by atoms with Gasteiger partial charge >= 0.3 is 0 Å². The summed E-state index contributed by atoms with van der Waals surface area (Å²) >= 11 is 1.35. The number of anilines is 1. The quantitative estimate of drug-likeness (QED) is 0.740. The van der Waals surface area contributed by atoms with E-state index in [4.69, 9.17) is 0 Å². The van der Waals surface area contributed by atoms with Crippen LogP contribution in [0.4, 0.5) is 5.13 Å². The maximum absolute atomic E-state index is 12.0. The lowest BCUT2D eigenvalue weighted by molar-refractivity contribution is -0.115. The summed E-state index contributed by atoms with van der Waals surface area (Å²) in [4.78, 5) is 28.3. The topological polar surface area (TPSA) is 76.0 Å². The molecular formula is C18H18N4O2S. The minimum absolute atomic E-state index is 0.104. The molecule has 2 aromatic heterocycles. The van der Waals surface area contributed by atoms with Gasteiger partial charge in [-0.15, -0.1) is 11.3 Å². The lowest BCUT2D eigenvalue weighted by Crippen LogP contribution is -2.32. The number of carbonyl (C=O) groups excluding carboxylic acids is 2. The van der Waals surface area contributed by atoms with Crippen molar-refractivity contribution in [2.75, 3.05) is 11.9 Å². The molecule has 1 aromatic carbocycles. The highest BCUT2D eigenvalue weighted by atomic mass is 32.1. The number of hydrogen-bond donors (Lipinski definition) is 2. The summed E-state index contributed by atoms with van der Waals surface area (Å²) in [5, 5.41) is 7.70. The molecule has 0 aliphatic carbocycles. The Labute approximate surface area is 149 Å². The Balaban J connectivity index is 1.56. The van der Waals surface area contributed by atoms with Crippen molar-refractivity contribution >= 4 is 28.3 Å². The van der Waals surface area contributed by atoms with Gasteiger partial charge in [-0.05, 0) is 19.1 Å². The Morgan fingerprint density at radius 3 is 2.84 bits per heavy atom. The molecule has 0 spiro atoms. The van der Waals surface area contributed by atoms with E-state index >= 15 is 0 Å². The fraction of sp³-hybridized carbons (Fsp3) is 0.167. The summed E-state index contributed by atoms with van der Waals surface area (Å²) < 4.78 is 1.78. The van der Waals surface area contributed by atoms with Gasteiger partial charge in [-0.2, -0.15) is 0 Å². The summed E-state index contributed by atoms with van der Waals surface area (Å²) in [6.45, 7) is 1.92. The third-order valence-corrected chi connectivity index (χ3v) is 4.33. The predicted molar refractivity (Wildman–Crippen MR) is 98.7 cm³/mol. The molecule has 25 heavy (non-hydrogen) atoms. The molecule has 0 aliphatic heterocycles. The average Bonchev–Trinajstić information content (AvgIpc) is 3.22. The van der Waals surface area contributed by atoms with Crippen molar-refractivity contribution < 1.29 is 9.59 Å². The highest BCUT2D eigenvalue weighted by molar-refractivity contribution is 7.14. The molecule has 0 atom stereocenters. The highest BCUT2D eigenvalue weighted by Crippen LogP contribution is 2.25. The van der Waals surface area contributed by atoms with Crippen LogP contribution in [-0.2, 0) is 11.8 Å². The lowest BCUT2D eigenvalue weighted by Gasteiger charge is -2.04. The number of benzene rings is 1. The number of rotatable bonds is 5. The molecular weight excluding hydrogens is 336 g/mol. The van der Waals surface area contributed by atoms with Crippen LogP contribution in [0, 0.1) is 6.92 Å². The van der Waals surface area contributed by atoms with Crippen LogP contribution in [-0.4, -0.2) is 27.9 Å². The van der Waals surface area contributed by atoms with Crippen molar-refractivity contribution in [3.05, 3.63) is 59.2 Å². The van der Waals surface area contributed by atoms with Crippen molar-refractivity contribution in [3.8, 4) is 11.3 Å². The smallest absolute Gasteiger partial charge is 0.253 e. The number of amides is 2. The van der Waals surface area contributed by atoms with Gasteiger partial charge in [-0.25, -0.2) is 4.98 Å². The van der Waals surface area contributed by atoms with Gasteiger partial charge in [-0.1, -0.05) is 23.8 Å². The van der Waals surface area contributed by atoms with Crippen LogP contribution in [0.25, 0.3) is 11.3 Å². The predicted octanol–water partition coefficient (Wildman–Crippen LogP) is 2.83. The number of nitrogens with zero attached hydrogens (tertiary/aromatic N) is 2. The van der Waals surface area contributed by atoms with Crippen molar-refractivity contribution in [3.63, 3.8) is 0 Å². The van der Waals surface area contributed by atoms with E-state index in [0.717, 1.165) is 16.8 Å². The van der Waals surface area contributed by atoms with Gasteiger partial charge in [0, 0.05) is 30.4 Å². The number of hydrogen-bond acceptors (Lipinski definition) is 4. The number of carbonyl (C=O) groups is 2. The normalized spacial score (nSPS) is 10.5. The van der Waals surface area contributed by atoms with Crippen LogP contribution in [0.1, 0.15) is 15.9 Å². The second-order valence-corrected chi connectivity index (χ2v) is 6.56. The van der Waals surface area contributed by atoms with E-state index in [0.29, 0.717) is 10.7 Å². The first kappa shape index (κ1) is 16.9. The minimum Gasteiger partial charge on any atom is -0.356 e. The molecule has 0 unspecified atom stereocenters. The Kier molecular flexibility index (Phi) is 4.95. The standard InChI is InChI=1S/C18H18N4O2S/c1-12-4-3-5-13(8-12)15-11-25-18(20-15)21-16(23)9-19-17(24)14-6-7-22(2)10-14/h3-8,10-11H,9H2,1-2H3,(H,19,24)(H,20,21,23). The number of thiazole rings is 1. The number of aromatic nitrogens is 2. The van der Waals surface area contributed by atoms with Gasteiger partial charge in [0.05, 0.1) is 17.8 Å². The monoisotopic (exact) mass is 354 g/mol. The minimum atomic E-state index is -0.311. The van der Waals surface area contributed by atoms with Gasteiger partial charge in [0.2, 0.25) is 5.91 Å². The molecule has 0 bridgehead atoms. The molecule has 0 aliphatic rings. The van der Waals surface area contributed by atoms with Crippen LogP contribution in [0.2, 0.25) is 0 Å². The van der Waals surface area contributed by atoms with Crippen molar-refractivity contribution in [1.29, 1.82) is 0 Å². The van der Waals surface area contributed by atoms with Crippen LogP contribution in [0.5, 0.6) is 0 Å². The van der Waals surface area contributed by atoms with Gasteiger partial charge in [-0.3, -0.25) is 9.59 Å². The van der Waals surface area contributed by atoms with Gasteiger partial charge in [0.1, 0.15) is 0 Å². The molecule has 3 rings (SSSR count). The zero-order valence-electron chi connectivity index (χ0n) is 13.9. The van der Waals surface area contributed by atoms with Crippen LogP contribution < -0.4 is 10.6 Å². The SMILES string of the molecule is Cc1cccc(-c2csc(NC(=O)CNC(=O)c3ccn(C)c3)n2)c1. The summed E-state index contributed by atoms with van der Waals surface area (Å²) in [6.07, 6.45) is 3.47. The van der Waals surface area contributed by atoms with Crippen molar-refractivity contribution in [2.45, 2.75) is 6.92 Å². The van der Waals surface area contributed by atoms with E-state index in [1.165, 1.54) is 11.3 Å². The lowest BCUT2D eigenvalue weighted by atomic mass is 10.1. The average molecular weight is 354 g/mol. The van der Waals surface area contributed by atoms with Crippen LogP contribution in [0.3, 0.4) is 0 Å². The first-order valence-corrected chi connectivity index (χ1v) is 8.62. The van der Waals surface area contributed by atoms with E-state index in [-0.39, 0.29) is 18.4 Å². The van der Waals surface area contributed by atoms with Gasteiger partial charge in [0.25, 0.3) is 5.91 Å². The Morgan fingerprint density at radius 2 is 2.12 bits per heavy atom. The molecule has 2 heterocycles. The fourth-order valence-corrected chi connectivity index (χ4v) is 3.07. The van der Waals surface area contributed by atoms with E-state index in [1.54, 1.807) is 23.0 Å². The molecule has 6 nitrogen and oxygen atoms in total. The summed E-state index contributed by atoms with van der Waals surface area (Å²) in [6, 6.07) is 9.71. The molecule has 3 aromatic rings. The van der Waals surface area contributed by atoms with Crippen LogP contribution in [0.15, 0.2) is 48.1 Å². The third-order valence-electron chi connectivity index (χ3n) is 3.57. The van der Waals surface area contributed by atoms with E-state index in [2.05, 4.69) is 15.6 Å². The molecule has 0 saturated heterocycles. The molecule has 0 fully saturated rings. The number of aryl methyl sites for hydroxylation is 2. The molecule has 2 amide bonds. The molecule has 0 radical (unpaired) electrons. The Hall–Kier alpha value is -2.93. The molecule has 128 valence electrons. The third kappa shape index (κ3) is 4.33. The maximum atomic E-state index is 12.0. The first-order chi connectivity index (χ1) is 12.0. The maximum Gasteiger partial charge on any atom is 0.253 e. The second kappa shape index (κ2) is 7.31. The second-order valence-electron chi connectivity index (χ2n) is 5.70. The van der Waals surface area contributed by atoms with Crippen molar-refractivity contribution in [1.82, 2.24) is 14.9 Å². The van der Waals surface area contributed by atoms with Gasteiger partial charge in [0.15, 0.2) is 5.13 Å². The summed E-state index contributed by atoms with van der Waals surface area (Å²) in [5.41, 5.74) is 3.50. The summed E-state index contributed by atoms with van der Waals surface area (Å²) in [7, 11) is 1.83. The summed E-state index contributed by atoms with van der Waals surface area (Å²) in [5.74, 6) is -0.593.